The molecule has 0 bridgehead atoms. The molecule has 3 aliphatic rings. The molecule has 36 heavy (non-hydrogen) atoms. The van der Waals surface area contributed by atoms with Gasteiger partial charge in [-0.2, -0.15) is 0 Å². The van der Waals surface area contributed by atoms with Crippen LogP contribution in [0.4, 0.5) is 0 Å². The van der Waals surface area contributed by atoms with Gasteiger partial charge in [0.2, 0.25) is 0 Å². The number of aryl methyl sites for hydroxylation is 1. The summed E-state index contributed by atoms with van der Waals surface area (Å²) in [6, 6.07) is 5.53. The number of pyridine rings is 1. The summed E-state index contributed by atoms with van der Waals surface area (Å²) in [5.74, 6) is -0.248. The minimum Gasteiger partial charge on any atom is -0.478 e. The fraction of sp³-hybridized carbons (Fsp3) is 0.464. The SMILES string of the molecule is Cc1[nH]c2ccc3c(c2c1C(=O)OC(C)c1cncc(C(=O)O)c1)CC1CCCN2CCCCC12O3. The molecule has 0 saturated carbocycles. The maximum absolute atomic E-state index is 13.5. The number of hydrogen-bond donors (Lipinski definition) is 2. The van der Waals surface area contributed by atoms with Crippen molar-refractivity contribution in [2.75, 3.05) is 13.1 Å². The van der Waals surface area contributed by atoms with Crippen LogP contribution in [0.1, 0.15) is 82.7 Å². The number of carbonyl (C=O) groups excluding carboxylic acids is 1. The number of aromatic amines is 1. The molecule has 2 saturated heterocycles. The van der Waals surface area contributed by atoms with E-state index in [1.165, 1.54) is 37.7 Å². The van der Waals surface area contributed by atoms with E-state index in [0.29, 0.717) is 17.0 Å². The van der Waals surface area contributed by atoms with Crippen molar-refractivity contribution in [3.05, 3.63) is 58.5 Å². The first-order chi connectivity index (χ1) is 17.4. The molecule has 0 aliphatic carbocycles. The first kappa shape index (κ1) is 23.0. The topological polar surface area (TPSA) is 105 Å². The van der Waals surface area contributed by atoms with Gasteiger partial charge in [0.05, 0.1) is 11.1 Å². The Morgan fingerprint density at radius 2 is 2.08 bits per heavy atom. The highest BCUT2D eigenvalue weighted by atomic mass is 16.5. The van der Waals surface area contributed by atoms with Crippen LogP contribution in [0.2, 0.25) is 0 Å². The highest BCUT2D eigenvalue weighted by Crippen LogP contribution is 2.50. The Bertz CT molecular complexity index is 1360. The third-order valence-electron chi connectivity index (χ3n) is 8.28. The highest BCUT2D eigenvalue weighted by Gasteiger charge is 2.52. The lowest BCUT2D eigenvalue weighted by Crippen LogP contribution is -2.64. The van der Waals surface area contributed by atoms with Crippen LogP contribution < -0.4 is 4.74 Å². The summed E-state index contributed by atoms with van der Waals surface area (Å²) in [4.78, 5) is 34.8. The van der Waals surface area contributed by atoms with E-state index in [1.54, 1.807) is 6.92 Å². The van der Waals surface area contributed by atoms with Crippen molar-refractivity contribution in [1.29, 1.82) is 0 Å². The number of hydrogen-bond acceptors (Lipinski definition) is 6. The molecule has 0 amide bonds. The van der Waals surface area contributed by atoms with Gasteiger partial charge in [0, 0.05) is 65.5 Å². The van der Waals surface area contributed by atoms with Gasteiger partial charge in [-0.05, 0) is 64.2 Å². The van der Waals surface area contributed by atoms with Gasteiger partial charge in [0.25, 0.3) is 0 Å². The van der Waals surface area contributed by atoms with Crippen molar-refractivity contribution in [3.63, 3.8) is 0 Å². The number of fused-ring (bicyclic) bond motifs is 3. The van der Waals surface area contributed by atoms with E-state index < -0.39 is 18.0 Å². The molecule has 3 aromatic rings. The monoisotopic (exact) mass is 489 g/mol. The molecular weight excluding hydrogens is 458 g/mol. The first-order valence-electron chi connectivity index (χ1n) is 12.8. The van der Waals surface area contributed by atoms with E-state index in [9.17, 15) is 14.7 Å². The van der Waals surface area contributed by atoms with Crippen molar-refractivity contribution in [2.45, 2.75) is 64.2 Å². The number of carboxylic acid groups (broad SMARTS) is 1. The number of carboxylic acids is 1. The molecule has 1 aromatic carbocycles. The zero-order chi connectivity index (χ0) is 25.0. The maximum Gasteiger partial charge on any atom is 0.341 e. The van der Waals surface area contributed by atoms with Crippen LogP contribution >= 0.6 is 0 Å². The lowest BCUT2D eigenvalue weighted by Gasteiger charge is -2.56. The predicted molar refractivity (Wildman–Crippen MR) is 133 cm³/mol. The minimum absolute atomic E-state index is 0.0584. The average molecular weight is 490 g/mol. The summed E-state index contributed by atoms with van der Waals surface area (Å²) in [6.45, 7) is 5.79. The number of nitrogens with one attached hydrogen (secondary N) is 1. The van der Waals surface area contributed by atoms with Crippen molar-refractivity contribution in [3.8, 4) is 5.75 Å². The summed E-state index contributed by atoms with van der Waals surface area (Å²) < 4.78 is 12.7. The van der Waals surface area contributed by atoms with Gasteiger partial charge in [0.1, 0.15) is 11.9 Å². The molecule has 8 nitrogen and oxygen atoms in total. The van der Waals surface area contributed by atoms with Gasteiger partial charge in [-0.25, -0.2) is 9.59 Å². The number of aromatic nitrogens is 2. The lowest BCUT2D eigenvalue weighted by atomic mass is 9.74. The molecule has 8 heteroatoms. The summed E-state index contributed by atoms with van der Waals surface area (Å²) in [6.07, 6.45) is 8.78. The first-order valence-corrected chi connectivity index (χ1v) is 12.8. The van der Waals surface area contributed by atoms with E-state index in [0.717, 1.165) is 60.3 Å². The molecule has 5 heterocycles. The molecule has 188 valence electrons. The fourth-order valence-corrected chi connectivity index (χ4v) is 6.55. The van der Waals surface area contributed by atoms with Crippen LogP contribution in [0, 0.1) is 12.8 Å². The van der Waals surface area contributed by atoms with Gasteiger partial charge in [-0.15, -0.1) is 0 Å². The Labute approximate surface area is 209 Å². The Kier molecular flexibility index (Phi) is 5.52. The van der Waals surface area contributed by atoms with E-state index >= 15 is 0 Å². The predicted octanol–water partition coefficient (Wildman–Crippen LogP) is 5.01. The summed E-state index contributed by atoms with van der Waals surface area (Å²) in [5, 5.41) is 10.2. The molecule has 6 rings (SSSR count). The van der Waals surface area contributed by atoms with Crippen molar-refractivity contribution in [2.24, 2.45) is 5.92 Å². The van der Waals surface area contributed by atoms with Gasteiger partial charge in [-0.3, -0.25) is 9.88 Å². The minimum atomic E-state index is -1.07. The standard InChI is InChI=1S/C28H31N3O5/c1-16-24(27(34)35-17(2)18-12-19(26(32)33)15-29-14-18)25-21-13-20-6-5-11-31-10-4-3-9-28(20,31)36-23(21)8-7-22(25)30-16/h7-8,12,14-15,17,20,30H,3-6,9-11,13H2,1-2H3,(H,32,33). The van der Waals surface area contributed by atoms with E-state index in [-0.39, 0.29) is 11.3 Å². The van der Waals surface area contributed by atoms with Gasteiger partial charge in [-0.1, -0.05) is 0 Å². The number of rotatable bonds is 4. The quantitative estimate of drug-likeness (QED) is 0.496. The molecule has 3 unspecified atom stereocenters. The molecule has 2 aromatic heterocycles. The van der Waals surface area contributed by atoms with E-state index in [1.807, 2.05) is 19.1 Å². The van der Waals surface area contributed by atoms with Crippen LogP contribution in [0.15, 0.2) is 30.6 Å². The number of ether oxygens (including phenoxy) is 2. The second-order valence-corrected chi connectivity index (χ2v) is 10.4. The van der Waals surface area contributed by atoms with Crippen LogP contribution in [-0.2, 0) is 11.2 Å². The summed E-state index contributed by atoms with van der Waals surface area (Å²) in [7, 11) is 0. The largest absolute Gasteiger partial charge is 0.478 e. The fourth-order valence-electron chi connectivity index (χ4n) is 6.55. The molecule has 3 atom stereocenters. The van der Waals surface area contributed by atoms with E-state index in [2.05, 4.69) is 14.9 Å². The Morgan fingerprint density at radius 3 is 2.92 bits per heavy atom. The third kappa shape index (κ3) is 3.58. The lowest BCUT2D eigenvalue weighted by molar-refractivity contribution is -0.177. The van der Waals surface area contributed by atoms with Crippen LogP contribution in [0.5, 0.6) is 5.75 Å². The number of benzene rings is 1. The van der Waals surface area contributed by atoms with Gasteiger partial charge in [0.15, 0.2) is 5.72 Å². The van der Waals surface area contributed by atoms with Crippen LogP contribution in [-0.4, -0.2) is 50.7 Å². The zero-order valence-corrected chi connectivity index (χ0v) is 20.7. The van der Waals surface area contributed by atoms with Crippen molar-refractivity contribution < 1.29 is 24.2 Å². The molecule has 1 spiro atoms. The Morgan fingerprint density at radius 1 is 1.25 bits per heavy atom. The van der Waals surface area contributed by atoms with Crippen molar-refractivity contribution >= 4 is 22.8 Å². The zero-order valence-electron chi connectivity index (χ0n) is 20.7. The van der Waals surface area contributed by atoms with E-state index in [4.69, 9.17) is 9.47 Å². The van der Waals surface area contributed by atoms with Crippen molar-refractivity contribution in [1.82, 2.24) is 14.9 Å². The second-order valence-electron chi connectivity index (χ2n) is 10.4. The molecule has 2 fully saturated rings. The summed E-state index contributed by atoms with van der Waals surface area (Å²) in [5.41, 5.74) is 3.61. The average Bonchev–Trinajstić information content (AvgIpc) is 3.22. The van der Waals surface area contributed by atoms with Gasteiger partial charge >= 0.3 is 11.9 Å². The number of aromatic carboxylic acids is 1. The molecule has 0 radical (unpaired) electrons. The molecule has 2 N–H and O–H groups in total. The smallest absolute Gasteiger partial charge is 0.341 e. The molecular formula is C28H31N3O5. The molecule has 3 aliphatic heterocycles. The number of H-pyrrole nitrogens is 1. The normalized spacial score (nSPS) is 24.2. The highest BCUT2D eigenvalue weighted by molar-refractivity contribution is 6.07. The Hall–Kier alpha value is -3.39. The maximum atomic E-state index is 13.5. The summed E-state index contributed by atoms with van der Waals surface area (Å²) >= 11 is 0. The van der Waals surface area contributed by atoms with Gasteiger partial charge < -0.3 is 19.6 Å². The second kappa shape index (κ2) is 8.62. The number of carbonyl (C=O) groups is 2. The number of esters is 1. The number of nitrogens with zero attached hydrogens (tertiary/aromatic N) is 2. The number of piperidine rings is 2. The van der Waals surface area contributed by atoms with Crippen LogP contribution in [0.3, 0.4) is 0 Å². The third-order valence-corrected chi connectivity index (χ3v) is 8.28. The Balaban J connectivity index is 1.36. The van der Waals surface area contributed by atoms with Crippen LogP contribution in [0.25, 0.3) is 10.9 Å².